The number of carbonyl (C=O) groups is 1. The molecular weight excluding hydrogens is 318 g/mol. The average molecular weight is 342 g/mol. The normalized spacial score (nSPS) is 18.6. The third-order valence-corrected chi connectivity index (χ3v) is 3.72. The summed E-state index contributed by atoms with van der Waals surface area (Å²) < 4.78 is 11.0. The fraction of sp³-hybridized carbons (Fsp3) is 0.688. The van der Waals surface area contributed by atoms with Crippen molar-refractivity contribution < 1.29 is 14.3 Å². The van der Waals surface area contributed by atoms with Gasteiger partial charge in [-0.15, -0.1) is 0 Å². The summed E-state index contributed by atoms with van der Waals surface area (Å²) in [5.41, 5.74) is -0.459. The summed E-state index contributed by atoms with van der Waals surface area (Å²) in [6.45, 7) is 7.63. The first-order valence-electron chi connectivity index (χ1n) is 7.92. The van der Waals surface area contributed by atoms with Crippen LogP contribution in [0.1, 0.15) is 40.0 Å². The van der Waals surface area contributed by atoms with Crippen LogP contribution in [0.15, 0.2) is 12.4 Å². The lowest BCUT2D eigenvalue weighted by atomic mass is 9.95. The van der Waals surface area contributed by atoms with E-state index < -0.39 is 5.60 Å². The average Bonchev–Trinajstić information content (AvgIpc) is 2.48. The zero-order valence-electron chi connectivity index (χ0n) is 13.9. The maximum atomic E-state index is 12.1. The van der Waals surface area contributed by atoms with Gasteiger partial charge in [-0.1, -0.05) is 11.6 Å². The van der Waals surface area contributed by atoms with E-state index >= 15 is 0 Å². The van der Waals surface area contributed by atoms with Gasteiger partial charge in [0.25, 0.3) is 0 Å². The van der Waals surface area contributed by atoms with E-state index in [1.165, 1.54) is 12.4 Å². The van der Waals surface area contributed by atoms with E-state index in [4.69, 9.17) is 21.1 Å². The second kappa shape index (κ2) is 7.81. The Morgan fingerprint density at radius 3 is 2.74 bits per heavy atom. The number of ether oxygens (including phenoxy) is 2. The first-order chi connectivity index (χ1) is 10.8. The Balaban J connectivity index is 1.75. The van der Waals surface area contributed by atoms with Crippen molar-refractivity contribution >= 4 is 17.7 Å². The van der Waals surface area contributed by atoms with Crippen LogP contribution in [0.2, 0.25) is 5.02 Å². The molecular formula is C16H24ClN3O3. The number of hydrogen-bond acceptors (Lipinski definition) is 5. The largest absolute Gasteiger partial charge is 0.463 e. The van der Waals surface area contributed by atoms with Gasteiger partial charge in [0.2, 0.25) is 0 Å². The monoisotopic (exact) mass is 341 g/mol. The lowest BCUT2D eigenvalue weighted by Gasteiger charge is -2.34. The number of amides is 1. The fourth-order valence-electron chi connectivity index (χ4n) is 2.48. The van der Waals surface area contributed by atoms with E-state index in [9.17, 15) is 4.79 Å². The third-order valence-electron chi connectivity index (χ3n) is 3.52. The number of piperidine rings is 1. The molecule has 0 unspecified atom stereocenters. The number of rotatable bonds is 4. The molecule has 7 heteroatoms. The zero-order valence-corrected chi connectivity index (χ0v) is 14.7. The molecule has 0 bridgehead atoms. The van der Waals surface area contributed by atoms with Crippen LogP contribution in [0.4, 0.5) is 4.79 Å². The van der Waals surface area contributed by atoms with E-state index in [-0.39, 0.29) is 6.09 Å². The molecule has 0 saturated carbocycles. The first-order valence-corrected chi connectivity index (χ1v) is 8.29. The molecule has 1 aromatic heterocycles. The lowest BCUT2D eigenvalue weighted by Crippen LogP contribution is -2.43. The number of halogens is 1. The number of carbonyl (C=O) groups excluding carboxylic acids is 1. The van der Waals surface area contributed by atoms with Gasteiger partial charge in [0.1, 0.15) is 5.60 Å². The molecule has 2 heterocycles. The molecule has 0 radical (unpaired) electrons. The van der Waals surface area contributed by atoms with Gasteiger partial charge in [0.15, 0.2) is 0 Å². The number of hydrogen-bond donors (Lipinski definition) is 0. The predicted octanol–water partition coefficient (Wildman–Crippen LogP) is 3.55. The van der Waals surface area contributed by atoms with E-state index in [0.29, 0.717) is 30.1 Å². The molecule has 1 aliphatic heterocycles. The maximum absolute atomic E-state index is 12.1. The highest BCUT2D eigenvalue weighted by atomic mass is 35.5. The molecule has 1 fully saturated rings. The van der Waals surface area contributed by atoms with Gasteiger partial charge in [-0.2, -0.15) is 0 Å². The highest BCUT2D eigenvalue weighted by molar-refractivity contribution is 6.30. The molecule has 23 heavy (non-hydrogen) atoms. The molecule has 0 N–H and O–H groups in total. The quantitative estimate of drug-likeness (QED) is 0.838. The Morgan fingerprint density at radius 2 is 2.09 bits per heavy atom. The Kier molecular flexibility index (Phi) is 6.04. The topological polar surface area (TPSA) is 64.5 Å². The predicted molar refractivity (Wildman–Crippen MR) is 87.7 cm³/mol. The van der Waals surface area contributed by atoms with Gasteiger partial charge in [-0.25, -0.2) is 14.8 Å². The van der Waals surface area contributed by atoms with E-state index in [1.807, 2.05) is 20.8 Å². The molecule has 1 aliphatic rings. The number of aromatic nitrogens is 2. The highest BCUT2D eigenvalue weighted by Gasteiger charge is 2.27. The second-order valence-corrected chi connectivity index (χ2v) is 7.19. The number of nitrogens with zero attached hydrogens (tertiary/aromatic N) is 3. The van der Waals surface area contributed by atoms with Crippen LogP contribution in [0.25, 0.3) is 0 Å². The Bertz CT molecular complexity index is 516. The molecule has 1 aromatic rings. The fourth-order valence-corrected chi connectivity index (χ4v) is 2.58. The van der Waals surface area contributed by atoms with Gasteiger partial charge >= 0.3 is 12.1 Å². The molecule has 128 valence electrons. The van der Waals surface area contributed by atoms with Crippen LogP contribution in [0, 0.1) is 5.92 Å². The molecule has 0 aliphatic carbocycles. The smallest absolute Gasteiger partial charge is 0.410 e. The van der Waals surface area contributed by atoms with E-state index in [1.54, 1.807) is 4.90 Å². The summed E-state index contributed by atoms with van der Waals surface area (Å²) in [5.74, 6) is 0.406. The van der Waals surface area contributed by atoms with Crippen LogP contribution in [-0.4, -0.2) is 46.3 Å². The van der Waals surface area contributed by atoms with Crippen molar-refractivity contribution in [1.82, 2.24) is 14.9 Å². The standard InChI is InChI=1S/C16H24ClN3O3/c1-16(2,3)23-15(21)20-7-4-5-12(11-20)6-8-22-14-18-9-13(17)10-19-14/h9-10,12H,4-8,11H2,1-3H3/t12-/m1/s1. The van der Waals surface area contributed by atoms with Crippen LogP contribution >= 0.6 is 11.6 Å². The van der Waals surface area contributed by atoms with Crippen molar-refractivity contribution in [3.05, 3.63) is 17.4 Å². The van der Waals surface area contributed by atoms with Crippen LogP contribution in [0.5, 0.6) is 6.01 Å². The minimum absolute atomic E-state index is 0.232. The van der Waals surface area contributed by atoms with Crippen LogP contribution in [-0.2, 0) is 4.74 Å². The first kappa shape index (κ1) is 17.8. The minimum atomic E-state index is -0.459. The maximum Gasteiger partial charge on any atom is 0.410 e. The van der Waals surface area contributed by atoms with Crippen molar-refractivity contribution in [3.8, 4) is 6.01 Å². The van der Waals surface area contributed by atoms with Crippen molar-refractivity contribution in [1.29, 1.82) is 0 Å². The van der Waals surface area contributed by atoms with Gasteiger partial charge in [0.05, 0.1) is 24.0 Å². The summed E-state index contributed by atoms with van der Waals surface area (Å²) in [4.78, 5) is 21.9. The third kappa shape index (κ3) is 6.22. The second-order valence-electron chi connectivity index (χ2n) is 6.76. The summed E-state index contributed by atoms with van der Waals surface area (Å²) in [6, 6.07) is 0.328. The molecule has 2 rings (SSSR count). The zero-order chi connectivity index (χ0) is 16.9. The Morgan fingerprint density at radius 1 is 1.39 bits per heavy atom. The molecule has 0 aromatic carbocycles. The van der Waals surface area contributed by atoms with Crippen LogP contribution < -0.4 is 4.74 Å². The summed E-state index contributed by atoms with van der Waals surface area (Å²) in [7, 11) is 0. The van der Waals surface area contributed by atoms with Crippen molar-refractivity contribution in [2.75, 3.05) is 19.7 Å². The molecule has 1 atom stereocenters. The van der Waals surface area contributed by atoms with Crippen molar-refractivity contribution in [3.63, 3.8) is 0 Å². The minimum Gasteiger partial charge on any atom is -0.463 e. The van der Waals surface area contributed by atoms with Crippen molar-refractivity contribution in [2.24, 2.45) is 5.92 Å². The Hall–Kier alpha value is -1.56. The lowest BCUT2D eigenvalue weighted by molar-refractivity contribution is 0.0154. The number of likely N-dealkylation sites (tertiary alicyclic amines) is 1. The summed E-state index contributed by atoms with van der Waals surface area (Å²) in [5, 5.41) is 0.484. The molecule has 0 spiro atoms. The molecule has 1 amide bonds. The SMILES string of the molecule is CC(C)(C)OC(=O)N1CCC[C@H](CCOc2ncc(Cl)cn2)C1. The molecule has 1 saturated heterocycles. The Labute approximate surface area is 142 Å². The van der Waals surface area contributed by atoms with E-state index in [2.05, 4.69) is 9.97 Å². The highest BCUT2D eigenvalue weighted by Crippen LogP contribution is 2.22. The van der Waals surface area contributed by atoms with Crippen molar-refractivity contribution in [2.45, 2.75) is 45.6 Å². The van der Waals surface area contributed by atoms with Gasteiger partial charge in [-0.3, -0.25) is 0 Å². The van der Waals surface area contributed by atoms with Gasteiger partial charge in [0, 0.05) is 13.1 Å². The molecule has 6 nitrogen and oxygen atoms in total. The van der Waals surface area contributed by atoms with Gasteiger partial charge < -0.3 is 14.4 Å². The van der Waals surface area contributed by atoms with Crippen LogP contribution in [0.3, 0.4) is 0 Å². The van der Waals surface area contributed by atoms with Gasteiger partial charge in [-0.05, 0) is 46.0 Å². The van der Waals surface area contributed by atoms with E-state index in [0.717, 1.165) is 25.8 Å². The summed E-state index contributed by atoms with van der Waals surface area (Å²) >= 11 is 5.73. The summed E-state index contributed by atoms with van der Waals surface area (Å²) in [6.07, 6.45) is 5.71.